The smallest absolute Gasteiger partial charge is 0.251 e. The molecule has 0 bridgehead atoms. The van der Waals surface area contributed by atoms with Crippen molar-refractivity contribution >= 4 is 0 Å². The van der Waals surface area contributed by atoms with Crippen LogP contribution in [0.2, 0.25) is 0 Å². The van der Waals surface area contributed by atoms with E-state index in [1.807, 2.05) is 0 Å². The highest BCUT2D eigenvalue weighted by Crippen LogP contribution is 2.37. The Morgan fingerprint density at radius 3 is 2.61 bits per heavy atom. The molecule has 0 unspecified atom stereocenters. The number of nitrogens with zero attached hydrogens (tertiary/aromatic N) is 6. The van der Waals surface area contributed by atoms with E-state index < -0.39 is 12.6 Å². The summed E-state index contributed by atoms with van der Waals surface area (Å²) in [6.45, 7) is 0.975. The minimum Gasteiger partial charge on any atom is -0.339 e. The van der Waals surface area contributed by atoms with Crippen LogP contribution >= 0.6 is 0 Å². The van der Waals surface area contributed by atoms with E-state index in [0.717, 1.165) is 0 Å². The Morgan fingerprint density at radius 1 is 1.18 bits per heavy atom. The normalized spacial score (nSPS) is 17.1. The number of alkyl halides is 3. The lowest BCUT2D eigenvalue weighted by Crippen LogP contribution is -2.25. The van der Waals surface area contributed by atoms with E-state index in [9.17, 15) is 13.2 Å². The van der Waals surface area contributed by atoms with Crippen LogP contribution in [-0.2, 0) is 13.1 Å². The van der Waals surface area contributed by atoms with Crippen molar-refractivity contribution in [1.29, 1.82) is 0 Å². The lowest BCUT2D eigenvalue weighted by atomic mass is 9.84. The summed E-state index contributed by atoms with van der Waals surface area (Å²) in [4.78, 5) is 13.1. The summed E-state index contributed by atoms with van der Waals surface area (Å²) in [7, 11) is 0. The zero-order chi connectivity index (χ0) is 19.7. The minimum absolute atomic E-state index is 0.106. The van der Waals surface area contributed by atoms with Crippen LogP contribution in [0.1, 0.15) is 43.0 Å². The van der Waals surface area contributed by atoms with Gasteiger partial charge in [0, 0.05) is 31.7 Å². The van der Waals surface area contributed by atoms with Gasteiger partial charge in [-0.3, -0.25) is 0 Å². The maximum atomic E-state index is 13.4. The molecule has 0 atom stereocenters. The van der Waals surface area contributed by atoms with Crippen LogP contribution in [-0.4, -0.2) is 35.8 Å². The van der Waals surface area contributed by atoms with Crippen LogP contribution in [0, 0.1) is 12.8 Å². The van der Waals surface area contributed by atoms with Gasteiger partial charge in [-0.15, -0.1) is 0 Å². The Morgan fingerprint density at radius 2 is 1.96 bits per heavy atom. The summed E-state index contributed by atoms with van der Waals surface area (Å²) >= 11 is 0. The summed E-state index contributed by atoms with van der Waals surface area (Å²) in [6, 6.07) is 3.28. The van der Waals surface area contributed by atoms with Crippen molar-refractivity contribution in [1.82, 2.24) is 29.9 Å². The monoisotopic (exact) mass is 392 g/mol. The van der Waals surface area contributed by atoms with E-state index in [0.29, 0.717) is 42.4 Å². The molecule has 0 aromatic carbocycles. The van der Waals surface area contributed by atoms with Crippen molar-refractivity contribution in [2.24, 2.45) is 5.92 Å². The zero-order valence-corrected chi connectivity index (χ0v) is 15.3. The van der Waals surface area contributed by atoms with Gasteiger partial charge in [0.2, 0.25) is 17.6 Å². The third-order valence-electron chi connectivity index (χ3n) is 4.84. The third kappa shape index (κ3) is 4.05. The molecule has 3 heterocycles. The summed E-state index contributed by atoms with van der Waals surface area (Å²) in [5.41, 5.74) is 1.38. The van der Waals surface area contributed by atoms with Gasteiger partial charge in [0.25, 0.3) is 5.95 Å². The molecule has 4 rings (SSSR count). The number of halogens is 3. The maximum absolute atomic E-state index is 13.4. The summed E-state index contributed by atoms with van der Waals surface area (Å²) in [5, 5.41) is 7.98. The van der Waals surface area contributed by atoms with Crippen LogP contribution in [0.15, 0.2) is 22.9 Å². The second-order valence-electron chi connectivity index (χ2n) is 7.07. The molecule has 1 saturated carbocycles. The van der Waals surface area contributed by atoms with Crippen molar-refractivity contribution in [2.45, 2.75) is 51.6 Å². The topological polar surface area (TPSA) is 82.5 Å². The second-order valence-corrected chi connectivity index (χ2v) is 7.07. The standard InChI is InChI=1S/C18H19F3N6O/c1-11-22-16(26-28-11)15-9-14(8-12-2-5-18(20,21)6-3-12)23-17(24-15)27-7-4-13(10-19)25-27/h4,7,9,12H,2-3,5-6,8,10H2,1H3. The van der Waals surface area contributed by atoms with Gasteiger partial charge in [0.15, 0.2) is 0 Å². The van der Waals surface area contributed by atoms with E-state index in [2.05, 4.69) is 25.2 Å². The molecule has 28 heavy (non-hydrogen) atoms. The van der Waals surface area contributed by atoms with Gasteiger partial charge in [-0.25, -0.2) is 27.8 Å². The molecule has 10 heteroatoms. The van der Waals surface area contributed by atoms with E-state index in [4.69, 9.17) is 4.52 Å². The number of aromatic nitrogens is 6. The molecule has 0 spiro atoms. The van der Waals surface area contributed by atoms with Crippen LogP contribution in [0.3, 0.4) is 0 Å². The molecule has 3 aromatic rings. The van der Waals surface area contributed by atoms with Gasteiger partial charge >= 0.3 is 0 Å². The summed E-state index contributed by atoms with van der Waals surface area (Å²) < 4.78 is 46.1. The fourth-order valence-corrected chi connectivity index (χ4v) is 3.35. The molecule has 1 fully saturated rings. The van der Waals surface area contributed by atoms with Gasteiger partial charge in [-0.1, -0.05) is 5.16 Å². The molecular formula is C18H19F3N6O. The number of hydrogen-bond donors (Lipinski definition) is 0. The molecule has 1 aliphatic carbocycles. The Hall–Kier alpha value is -2.78. The predicted octanol–water partition coefficient (Wildman–Crippen LogP) is 3.86. The minimum atomic E-state index is -2.57. The molecule has 0 N–H and O–H groups in total. The summed E-state index contributed by atoms with van der Waals surface area (Å²) in [5.74, 6) is -1.52. The van der Waals surface area contributed by atoms with E-state index in [1.54, 1.807) is 19.2 Å². The molecule has 0 radical (unpaired) electrons. The third-order valence-corrected chi connectivity index (χ3v) is 4.84. The largest absolute Gasteiger partial charge is 0.339 e. The lowest BCUT2D eigenvalue weighted by Gasteiger charge is -2.28. The molecule has 3 aromatic heterocycles. The second kappa shape index (κ2) is 7.33. The molecule has 1 aliphatic rings. The van der Waals surface area contributed by atoms with E-state index >= 15 is 0 Å². The fraction of sp³-hybridized carbons (Fsp3) is 0.500. The Labute approximate surface area is 159 Å². The molecule has 7 nitrogen and oxygen atoms in total. The Kier molecular flexibility index (Phi) is 4.86. The molecule has 0 amide bonds. The highest BCUT2D eigenvalue weighted by molar-refractivity contribution is 5.50. The predicted molar refractivity (Wildman–Crippen MR) is 92.6 cm³/mol. The van der Waals surface area contributed by atoms with Gasteiger partial charge in [-0.2, -0.15) is 10.1 Å². The van der Waals surface area contributed by atoms with Crippen LogP contribution in [0.4, 0.5) is 13.2 Å². The SMILES string of the molecule is Cc1nc(-c2cc(CC3CCC(F)(F)CC3)nc(-n3ccc(CF)n3)n2)no1. The highest BCUT2D eigenvalue weighted by Gasteiger charge is 2.35. The van der Waals surface area contributed by atoms with Gasteiger partial charge in [0.1, 0.15) is 12.4 Å². The fourth-order valence-electron chi connectivity index (χ4n) is 3.35. The van der Waals surface area contributed by atoms with Crippen LogP contribution in [0.25, 0.3) is 17.5 Å². The van der Waals surface area contributed by atoms with Crippen molar-refractivity contribution < 1.29 is 17.7 Å². The van der Waals surface area contributed by atoms with Gasteiger partial charge in [0.05, 0.1) is 5.69 Å². The first kappa shape index (κ1) is 18.6. The van der Waals surface area contributed by atoms with Crippen molar-refractivity contribution in [3.05, 3.63) is 35.6 Å². The van der Waals surface area contributed by atoms with E-state index in [-0.39, 0.29) is 30.4 Å². The van der Waals surface area contributed by atoms with Gasteiger partial charge in [-0.05, 0) is 37.3 Å². The van der Waals surface area contributed by atoms with Crippen molar-refractivity contribution in [2.75, 3.05) is 0 Å². The Balaban J connectivity index is 1.66. The lowest BCUT2D eigenvalue weighted by molar-refractivity contribution is -0.0457. The average Bonchev–Trinajstić information content (AvgIpc) is 3.32. The van der Waals surface area contributed by atoms with Crippen LogP contribution < -0.4 is 0 Å². The van der Waals surface area contributed by atoms with Crippen molar-refractivity contribution in [3.8, 4) is 17.5 Å². The molecule has 0 aliphatic heterocycles. The molecular weight excluding hydrogens is 373 g/mol. The average molecular weight is 392 g/mol. The van der Waals surface area contributed by atoms with E-state index in [1.165, 1.54) is 10.7 Å². The first-order chi connectivity index (χ1) is 13.4. The number of aryl methyl sites for hydroxylation is 1. The summed E-state index contributed by atoms with van der Waals surface area (Å²) in [6.07, 6.45) is 2.78. The number of hydrogen-bond acceptors (Lipinski definition) is 6. The maximum Gasteiger partial charge on any atom is 0.251 e. The number of rotatable bonds is 5. The van der Waals surface area contributed by atoms with Crippen LogP contribution in [0.5, 0.6) is 0 Å². The highest BCUT2D eigenvalue weighted by atomic mass is 19.3. The van der Waals surface area contributed by atoms with Gasteiger partial charge < -0.3 is 4.52 Å². The molecule has 148 valence electrons. The zero-order valence-electron chi connectivity index (χ0n) is 15.3. The molecule has 0 saturated heterocycles. The van der Waals surface area contributed by atoms with Crippen molar-refractivity contribution in [3.63, 3.8) is 0 Å². The first-order valence-corrected chi connectivity index (χ1v) is 9.09. The first-order valence-electron chi connectivity index (χ1n) is 9.09. The Bertz CT molecular complexity index is 960. The quantitative estimate of drug-likeness (QED) is 0.656.